The Morgan fingerprint density at radius 1 is 1.35 bits per heavy atom. The van der Waals surface area contributed by atoms with Gasteiger partial charge in [0.05, 0.1) is 15.7 Å². The lowest BCUT2D eigenvalue weighted by atomic mass is 10.2. The van der Waals surface area contributed by atoms with Gasteiger partial charge < -0.3 is 5.32 Å². The average Bonchev–Trinajstić information content (AvgIpc) is 2.69. The Morgan fingerprint density at radius 3 is 2.71 bits per heavy atom. The number of thiophene rings is 1. The second-order valence-corrected chi connectivity index (χ2v) is 5.73. The second-order valence-electron chi connectivity index (χ2n) is 3.31. The number of hydrogen-bond acceptors (Lipinski definition) is 3. The maximum atomic E-state index is 6.17. The highest BCUT2D eigenvalue weighted by molar-refractivity contribution is 9.10. The van der Waals surface area contributed by atoms with E-state index in [2.05, 4.69) is 26.2 Å². The maximum absolute atomic E-state index is 6.17. The van der Waals surface area contributed by atoms with Gasteiger partial charge in [0.2, 0.25) is 0 Å². The summed E-state index contributed by atoms with van der Waals surface area (Å²) in [5, 5.41) is 8.19. The molecule has 2 heterocycles. The van der Waals surface area contributed by atoms with Crippen LogP contribution in [0.4, 0.5) is 5.82 Å². The van der Waals surface area contributed by atoms with Gasteiger partial charge in [0.15, 0.2) is 0 Å². The van der Waals surface area contributed by atoms with Crippen molar-refractivity contribution in [3.8, 4) is 11.3 Å². The minimum atomic E-state index is 0.534. The molecular formula is C11H9BrCl2N2S. The summed E-state index contributed by atoms with van der Waals surface area (Å²) in [6.45, 7) is 2.76. The molecule has 0 aliphatic carbocycles. The van der Waals surface area contributed by atoms with Crippen LogP contribution in [0.5, 0.6) is 0 Å². The number of aromatic nitrogens is 1. The van der Waals surface area contributed by atoms with Gasteiger partial charge in [-0.15, -0.1) is 0 Å². The van der Waals surface area contributed by atoms with Crippen molar-refractivity contribution in [2.45, 2.75) is 6.92 Å². The fraction of sp³-hybridized carbons (Fsp3) is 0.182. The van der Waals surface area contributed by atoms with Gasteiger partial charge in [-0.2, -0.15) is 11.3 Å². The first kappa shape index (κ1) is 13.1. The lowest BCUT2D eigenvalue weighted by Gasteiger charge is -2.09. The highest BCUT2D eigenvalue weighted by Gasteiger charge is 2.13. The molecule has 0 amide bonds. The molecule has 17 heavy (non-hydrogen) atoms. The Balaban J connectivity index is 2.54. The lowest BCUT2D eigenvalue weighted by molar-refractivity contribution is 1.16. The molecule has 1 N–H and O–H groups in total. The largest absolute Gasteiger partial charge is 0.369 e. The predicted octanol–water partition coefficient (Wildman–Crippen LogP) is 5.31. The summed E-state index contributed by atoms with van der Waals surface area (Å²) < 4.78 is 0.988. The van der Waals surface area contributed by atoms with Crippen LogP contribution >= 0.6 is 50.5 Å². The molecule has 0 aliphatic heterocycles. The van der Waals surface area contributed by atoms with Gasteiger partial charge in [-0.3, -0.25) is 0 Å². The van der Waals surface area contributed by atoms with E-state index in [1.807, 2.05) is 17.7 Å². The summed E-state index contributed by atoms with van der Waals surface area (Å²) >= 11 is 17.3. The van der Waals surface area contributed by atoms with Gasteiger partial charge in [-0.1, -0.05) is 23.2 Å². The van der Waals surface area contributed by atoms with E-state index in [1.165, 1.54) is 0 Å². The molecule has 0 unspecified atom stereocenters. The van der Waals surface area contributed by atoms with Crippen molar-refractivity contribution in [1.82, 2.24) is 4.98 Å². The molecular weight excluding hydrogens is 343 g/mol. The number of nitrogens with one attached hydrogen (secondary N) is 1. The van der Waals surface area contributed by atoms with Crippen LogP contribution in [0.2, 0.25) is 10.0 Å². The molecule has 0 fully saturated rings. The van der Waals surface area contributed by atoms with Crippen molar-refractivity contribution in [1.29, 1.82) is 0 Å². The van der Waals surface area contributed by atoms with Crippen molar-refractivity contribution in [2.75, 3.05) is 11.9 Å². The van der Waals surface area contributed by atoms with Crippen molar-refractivity contribution < 1.29 is 0 Å². The van der Waals surface area contributed by atoms with Crippen LogP contribution in [-0.2, 0) is 0 Å². The normalized spacial score (nSPS) is 10.6. The first-order valence-corrected chi connectivity index (χ1v) is 7.44. The molecule has 0 radical (unpaired) electrons. The van der Waals surface area contributed by atoms with E-state index < -0.39 is 0 Å². The number of halogens is 3. The molecule has 0 saturated carbocycles. The number of nitrogens with zero attached hydrogens (tertiary/aromatic N) is 1. The van der Waals surface area contributed by atoms with Crippen LogP contribution < -0.4 is 5.32 Å². The molecule has 90 valence electrons. The predicted molar refractivity (Wildman–Crippen MR) is 79.4 cm³/mol. The zero-order chi connectivity index (χ0) is 12.4. The van der Waals surface area contributed by atoms with Gasteiger partial charge in [-0.25, -0.2) is 4.98 Å². The molecule has 6 heteroatoms. The smallest absolute Gasteiger partial charge is 0.145 e. The summed E-state index contributed by atoms with van der Waals surface area (Å²) in [5.74, 6) is 0.659. The third-order valence-electron chi connectivity index (χ3n) is 2.14. The zero-order valence-corrected chi connectivity index (χ0v) is 12.8. The fourth-order valence-electron chi connectivity index (χ4n) is 1.40. The van der Waals surface area contributed by atoms with Crippen molar-refractivity contribution in [3.05, 3.63) is 31.3 Å². The number of hydrogen-bond donors (Lipinski definition) is 1. The number of pyridine rings is 1. The SMILES string of the molecule is CCNc1nc(-c2cscc2Br)c(Cl)cc1Cl. The van der Waals surface area contributed by atoms with Crippen LogP contribution in [0.15, 0.2) is 21.3 Å². The molecule has 2 nitrogen and oxygen atoms in total. The summed E-state index contributed by atoms with van der Waals surface area (Å²) in [6, 6.07) is 1.72. The molecule has 0 saturated heterocycles. The van der Waals surface area contributed by atoms with E-state index in [-0.39, 0.29) is 0 Å². The summed E-state index contributed by atoms with van der Waals surface area (Å²) in [4.78, 5) is 4.47. The minimum Gasteiger partial charge on any atom is -0.369 e. The van der Waals surface area contributed by atoms with E-state index in [1.54, 1.807) is 17.4 Å². The highest BCUT2D eigenvalue weighted by Crippen LogP contribution is 2.37. The van der Waals surface area contributed by atoms with Crippen LogP contribution in [-0.4, -0.2) is 11.5 Å². The Bertz CT molecular complexity index is 542. The molecule has 2 rings (SSSR count). The summed E-state index contributed by atoms with van der Waals surface area (Å²) in [5.41, 5.74) is 1.72. The highest BCUT2D eigenvalue weighted by atomic mass is 79.9. The monoisotopic (exact) mass is 350 g/mol. The molecule has 0 spiro atoms. The van der Waals surface area contributed by atoms with E-state index >= 15 is 0 Å². The Hall–Kier alpha value is -0.290. The third kappa shape index (κ3) is 2.76. The maximum Gasteiger partial charge on any atom is 0.145 e. The van der Waals surface area contributed by atoms with Gasteiger partial charge in [0, 0.05) is 27.3 Å². The minimum absolute atomic E-state index is 0.534. The lowest BCUT2D eigenvalue weighted by Crippen LogP contribution is -2.01. The second kappa shape index (κ2) is 5.57. The molecule has 0 aromatic carbocycles. The van der Waals surface area contributed by atoms with Crippen LogP contribution in [0.3, 0.4) is 0 Å². The van der Waals surface area contributed by atoms with Gasteiger partial charge in [-0.05, 0) is 28.9 Å². The average molecular weight is 352 g/mol. The quantitative estimate of drug-likeness (QED) is 0.810. The Morgan fingerprint density at radius 2 is 2.12 bits per heavy atom. The number of anilines is 1. The van der Waals surface area contributed by atoms with E-state index in [4.69, 9.17) is 23.2 Å². The fourth-order valence-corrected chi connectivity index (χ4v) is 3.39. The molecule has 0 aliphatic rings. The standard InChI is InChI=1S/C11H9BrCl2N2S/c1-2-15-11-9(14)3-8(13)10(16-11)6-4-17-5-7(6)12/h3-5H,2H2,1H3,(H,15,16). The van der Waals surface area contributed by atoms with Crippen LogP contribution in [0.25, 0.3) is 11.3 Å². The summed E-state index contributed by atoms with van der Waals surface area (Å²) in [6.07, 6.45) is 0. The van der Waals surface area contributed by atoms with Crippen LogP contribution in [0.1, 0.15) is 6.92 Å². The van der Waals surface area contributed by atoms with Gasteiger partial charge in [0.25, 0.3) is 0 Å². The molecule has 2 aromatic rings. The number of rotatable bonds is 3. The van der Waals surface area contributed by atoms with Crippen molar-refractivity contribution in [2.24, 2.45) is 0 Å². The first-order valence-electron chi connectivity index (χ1n) is 4.95. The molecule has 0 atom stereocenters. The van der Waals surface area contributed by atoms with E-state index in [0.29, 0.717) is 15.9 Å². The van der Waals surface area contributed by atoms with E-state index in [9.17, 15) is 0 Å². The zero-order valence-electron chi connectivity index (χ0n) is 8.93. The topological polar surface area (TPSA) is 24.9 Å². The van der Waals surface area contributed by atoms with E-state index in [0.717, 1.165) is 22.3 Å². The third-order valence-corrected chi connectivity index (χ3v) is 4.42. The molecule has 0 bridgehead atoms. The van der Waals surface area contributed by atoms with Gasteiger partial charge in [0.1, 0.15) is 5.82 Å². The Kier molecular flexibility index (Phi) is 4.31. The Labute approximate surface area is 122 Å². The first-order chi connectivity index (χ1) is 8.13. The summed E-state index contributed by atoms with van der Waals surface area (Å²) in [7, 11) is 0. The van der Waals surface area contributed by atoms with Crippen LogP contribution in [0, 0.1) is 0 Å². The van der Waals surface area contributed by atoms with Crippen molar-refractivity contribution >= 4 is 56.3 Å². The van der Waals surface area contributed by atoms with Crippen molar-refractivity contribution in [3.63, 3.8) is 0 Å². The molecule has 2 aromatic heterocycles. The van der Waals surface area contributed by atoms with Gasteiger partial charge >= 0.3 is 0 Å².